The second-order valence-electron chi connectivity index (χ2n) is 12.8. The summed E-state index contributed by atoms with van der Waals surface area (Å²) in [6.07, 6.45) is 8.03. The second-order valence-corrected chi connectivity index (χ2v) is 12.8. The predicted octanol–water partition coefficient (Wildman–Crippen LogP) is 9.84. The first-order chi connectivity index (χ1) is 22.9. The average Bonchev–Trinajstić information content (AvgIpc) is 3.09. The first kappa shape index (κ1) is 32.2. The molecule has 0 saturated carbocycles. The molecule has 0 aliphatic carbocycles. The molecule has 1 saturated heterocycles. The first-order valence-corrected chi connectivity index (χ1v) is 16.7. The van der Waals surface area contributed by atoms with Crippen molar-refractivity contribution in [3.63, 3.8) is 0 Å². The van der Waals surface area contributed by atoms with Gasteiger partial charge in [-0.15, -0.1) is 0 Å². The van der Waals surface area contributed by atoms with Crippen LogP contribution in [0.1, 0.15) is 54.0 Å². The van der Waals surface area contributed by atoms with Crippen molar-refractivity contribution in [2.24, 2.45) is 0 Å². The maximum atomic E-state index is 14.0. The summed E-state index contributed by atoms with van der Waals surface area (Å²) >= 11 is 0. The van der Waals surface area contributed by atoms with Crippen molar-refractivity contribution in [2.45, 2.75) is 58.7 Å². The number of halogens is 1. The fourth-order valence-corrected chi connectivity index (χ4v) is 6.74. The van der Waals surface area contributed by atoms with Crippen molar-refractivity contribution in [3.05, 3.63) is 143 Å². The lowest BCUT2D eigenvalue weighted by atomic mass is 9.96. The smallest absolute Gasteiger partial charge is 0.123 e. The molecule has 1 aromatic heterocycles. The highest BCUT2D eigenvalue weighted by molar-refractivity contribution is 5.69. The zero-order valence-corrected chi connectivity index (χ0v) is 27.5. The summed E-state index contributed by atoms with van der Waals surface area (Å²) in [5.74, 6) is 0.0585. The molecule has 0 spiro atoms. The van der Waals surface area contributed by atoms with E-state index in [4.69, 9.17) is 0 Å². The molecule has 1 aliphatic rings. The second kappa shape index (κ2) is 14.8. The van der Waals surface area contributed by atoms with Gasteiger partial charge in [0.05, 0.1) is 5.69 Å². The molecule has 1 fully saturated rings. The van der Waals surface area contributed by atoms with Gasteiger partial charge in [-0.3, -0.25) is 9.88 Å². The molecule has 0 bridgehead atoms. The van der Waals surface area contributed by atoms with Crippen LogP contribution in [0.15, 0.2) is 110 Å². The number of aromatic hydroxyl groups is 1. The Morgan fingerprint density at radius 2 is 1.66 bits per heavy atom. The number of piperidine rings is 1. The van der Waals surface area contributed by atoms with E-state index in [9.17, 15) is 9.50 Å². The molecule has 1 N–H and O–H groups in total. The number of rotatable bonds is 11. The molecule has 0 amide bonds. The van der Waals surface area contributed by atoms with Crippen LogP contribution in [0.25, 0.3) is 28.5 Å². The van der Waals surface area contributed by atoms with Gasteiger partial charge < -0.3 is 10.0 Å². The Morgan fingerprint density at radius 1 is 0.872 bits per heavy atom. The van der Waals surface area contributed by atoms with E-state index in [2.05, 4.69) is 82.9 Å². The third kappa shape index (κ3) is 7.98. The van der Waals surface area contributed by atoms with Crippen molar-refractivity contribution in [3.8, 4) is 28.1 Å². The Labute approximate surface area is 278 Å². The summed E-state index contributed by atoms with van der Waals surface area (Å²) < 4.78 is 14.0. The molecule has 47 heavy (non-hydrogen) atoms. The number of nitrogens with zero attached hydrogens (tertiary/aromatic N) is 3. The number of benzene rings is 4. The summed E-state index contributed by atoms with van der Waals surface area (Å²) in [6, 6.07) is 32.8. The standard InChI is InChI=1S/C42H44FN3O/c1-4-7-32-23-31(5-2)24-37(25-32)35-9-6-8-33(26-35)28-45-20-17-40(18-21-45)46(39-13-11-38(43)12-14-39)29-34-16-19-44-41(27-34)36-10-15-42(47)30(3)22-36/h5-6,8-16,19,22-27,40,47H,2,4,7,17-18,20-21,28-29H2,1,3H3. The van der Waals surface area contributed by atoms with Gasteiger partial charge in [0.2, 0.25) is 0 Å². The van der Waals surface area contributed by atoms with Crippen LogP contribution in [-0.4, -0.2) is 34.1 Å². The maximum Gasteiger partial charge on any atom is 0.123 e. The lowest BCUT2D eigenvalue weighted by Gasteiger charge is -2.40. The van der Waals surface area contributed by atoms with Crippen LogP contribution in [0, 0.1) is 12.7 Å². The van der Waals surface area contributed by atoms with Gasteiger partial charge in [0.15, 0.2) is 0 Å². The van der Waals surface area contributed by atoms with Crippen molar-refractivity contribution in [1.29, 1.82) is 0 Å². The molecule has 0 radical (unpaired) electrons. The molecule has 1 aliphatic heterocycles. The summed E-state index contributed by atoms with van der Waals surface area (Å²) in [7, 11) is 0. The van der Waals surface area contributed by atoms with Gasteiger partial charge in [-0.25, -0.2) is 4.39 Å². The predicted molar refractivity (Wildman–Crippen MR) is 193 cm³/mol. The molecule has 4 nitrogen and oxygen atoms in total. The molecular formula is C42H44FN3O. The molecule has 5 aromatic rings. The van der Waals surface area contributed by atoms with Gasteiger partial charge >= 0.3 is 0 Å². The van der Waals surface area contributed by atoms with Crippen molar-refractivity contribution < 1.29 is 9.50 Å². The highest BCUT2D eigenvalue weighted by Gasteiger charge is 2.26. The highest BCUT2D eigenvalue weighted by Crippen LogP contribution is 2.30. The van der Waals surface area contributed by atoms with Crippen LogP contribution in [0.2, 0.25) is 0 Å². The minimum absolute atomic E-state index is 0.225. The van der Waals surface area contributed by atoms with Crippen molar-refractivity contribution in [2.75, 3.05) is 18.0 Å². The number of anilines is 1. The topological polar surface area (TPSA) is 39.6 Å². The maximum absolute atomic E-state index is 14.0. The molecule has 4 aromatic carbocycles. The number of aryl methyl sites for hydroxylation is 2. The van der Waals surface area contributed by atoms with Crippen LogP contribution in [-0.2, 0) is 19.5 Å². The van der Waals surface area contributed by atoms with Gasteiger partial charge in [0, 0.05) is 49.7 Å². The Kier molecular flexibility index (Phi) is 10.1. The van der Waals surface area contributed by atoms with E-state index >= 15 is 0 Å². The largest absolute Gasteiger partial charge is 0.508 e. The number of pyridine rings is 1. The van der Waals surface area contributed by atoms with Gasteiger partial charge in [0.25, 0.3) is 0 Å². The Bertz CT molecular complexity index is 1820. The third-order valence-electron chi connectivity index (χ3n) is 9.28. The summed E-state index contributed by atoms with van der Waals surface area (Å²) in [5, 5.41) is 10.00. The number of aromatic nitrogens is 1. The SMILES string of the molecule is C=Cc1cc(CCC)cc(-c2cccc(CN3CCC(N(Cc4ccnc(-c5ccc(O)c(C)c5)c4)c4ccc(F)cc4)CC3)c2)c1. The van der Waals surface area contributed by atoms with Crippen molar-refractivity contribution in [1.82, 2.24) is 9.88 Å². The minimum Gasteiger partial charge on any atom is -0.508 e. The van der Waals surface area contributed by atoms with Crippen LogP contribution in [0.3, 0.4) is 0 Å². The summed E-state index contributed by atoms with van der Waals surface area (Å²) in [5.41, 5.74) is 11.2. The summed E-state index contributed by atoms with van der Waals surface area (Å²) in [4.78, 5) is 9.60. The zero-order valence-electron chi connectivity index (χ0n) is 27.5. The lowest BCUT2D eigenvalue weighted by molar-refractivity contribution is 0.201. The van der Waals surface area contributed by atoms with Gasteiger partial charge in [-0.05, 0) is 132 Å². The van der Waals surface area contributed by atoms with Crippen LogP contribution >= 0.6 is 0 Å². The lowest BCUT2D eigenvalue weighted by Crippen LogP contribution is -2.44. The number of hydrogen-bond donors (Lipinski definition) is 1. The van der Waals surface area contributed by atoms with E-state index in [-0.39, 0.29) is 11.6 Å². The molecule has 0 unspecified atom stereocenters. The fraction of sp³-hybridized carbons (Fsp3) is 0.262. The first-order valence-electron chi connectivity index (χ1n) is 16.7. The molecule has 2 heterocycles. The molecule has 6 rings (SSSR count). The third-order valence-corrected chi connectivity index (χ3v) is 9.28. The minimum atomic E-state index is -0.225. The average molecular weight is 626 g/mol. The monoisotopic (exact) mass is 625 g/mol. The van der Waals surface area contributed by atoms with E-state index < -0.39 is 0 Å². The number of likely N-dealkylation sites (tertiary alicyclic amines) is 1. The van der Waals surface area contributed by atoms with E-state index in [1.165, 1.54) is 27.8 Å². The Morgan fingerprint density at radius 3 is 2.40 bits per heavy atom. The van der Waals surface area contributed by atoms with Crippen LogP contribution < -0.4 is 4.90 Å². The highest BCUT2D eigenvalue weighted by atomic mass is 19.1. The van der Waals surface area contributed by atoms with Gasteiger partial charge in [-0.1, -0.05) is 56.3 Å². The van der Waals surface area contributed by atoms with E-state index in [1.54, 1.807) is 18.2 Å². The van der Waals surface area contributed by atoms with E-state index in [0.717, 1.165) is 73.4 Å². The van der Waals surface area contributed by atoms with E-state index in [0.29, 0.717) is 12.6 Å². The molecular weight excluding hydrogens is 581 g/mol. The van der Waals surface area contributed by atoms with Crippen LogP contribution in [0.5, 0.6) is 5.75 Å². The van der Waals surface area contributed by atoms with E-state index in [1.807, 2.05) is 43.5 Å². The molecule has 0 atom stereocenters. The summed E-state index contributed by atoms with van der Waals surface area (Å²) in [6.45, 7) is 11.7. The zero-order chi connectivity index (χ0) is 32.8. The normalized spacial score (nSPS) is 13.9. The Hall–Kier alpha value is -4.74. The van der Waals surface area contributed by atoms with Gasteiger partial charge in [-0.2, -0.15) is 0 Å². The number of phenols is 1. The molecule has 5 heteroatoms. The number of hydrogen-bond acceptors (Lipinski definition) is 4. The molecule has 240 valence electrons. The quantitative estimate of drug-likeness (QED) is 0.159. The van der Waals surface area contributed by atoms with Crippen LogP contribution in [0.4, 0.5) is 10.1 Å². The number of phenolic OH excluding ortho intramolecular Hbond substituents is 1. The van der Waals surface area contributed by atoms with Gasteiger partial charge in [0.1, 0.15) is 11.6 Å². The van der Waals surface area contributed by atoms with Crippen molar-refractivity contribution >= 4 is 11.8 Å². The fourth-order valence-electron chi connectivity index (χ4n) is 6.74. The Balaban J connectivity index is 1.16.